The Hall–Kier alpha value is -2.42. The molecule has 8 nitrogen and oxygen atoms in total. The Kier molecular flexibility index (Phi) is 6.18. The van der Waals surface area contributed by atoms with Gasteiger partial charge in [0.15, 0.2) is 0 Å². The molecule has 0 aliphatic carbocycles. The number of carboxylic acid groups (broad SMARTS) is 2. The number of carboxylic acids is 2. The molecular formula is C19H25NO7S. The summed E-state index contributed by atoms with van der Waals surface area (Å²) in [5, 5.41) is 21.5. The first kappa shape index (κ1) is 21.9. The second kappa shape index (κ2) is 7.90. The van der Waals surface area contributed by atoms with Crippen LogP contribution in [0.4, 0.5) is 0 Å². The fourth-order valence-corrected chi connectivity index (χ4v) is 5.62. The number of ether oxygens (including phenoxy) is 2. The molecule has 3 N–H and O–H groups in total. The molecule has 0 aromatic heterocycles. The molecule has 1 saturated heterocycles. The molecule has 0 radical (unpaired) electrons. The third kappa shape index (κ3) is 3.17. The summed E-state index contributed by atoms with van der Waals surface area (Å²) in [6.45, 7) is 4.78. The molecule has 9 heteroatoms. The van der Waals surface area contributed by atoms with Crippen LogP contribution in [0.15, 0.2) is 18.2 Å². The summed E-state index contributed by atoms with van der Waals surface area (Å²) in [5.41, 5.74) is -1.32. The van der Waals surface area contributed by atoms with Crippen molar-refractivity contribution in [3.05, 3.63) is 23.8 Å². The highest BCUT2D eigenvalue weighted by Gasteiger charge is 2.65. The van der Waals surface area contributed by atoms with Crippen LogP contribution < -0.4 is 14.8 Å². The number of carbonyl (C=O) groups excluding carboxylic acids is 1. The van der Waals surface area contributed by atoms with Crippen LogP contribution in [0.1, 0.15) is 37.6 Å². The zero-order valence-electron chi connectivity index (χ0n) is 16.4. The quantitative estimate of drug-likeness (QED) is 0.625. The van der Waals surface area contributed by atoms with Crippen molar-refractivity contribution in [2.45, 2.75) is 37.3 Å². The van der Waals surface area contributed by atoms with Crippen molar-refractivity contribution in [3.8, 4) is 11.5 Å². The summed E-state index contributed by atoms with van der Waals surface area (Å²) in [4.78, 5) is 37.2. The molecule has 1 fully saturated rings. The average molecular weight is 411 g/mol. The van der Waals surface area contributed by atoms with E-state index in [1.807, 2.05) is 0 Å². The Balaban J connectivity index is 2.51. The monoisotopic (exact) mass is 411 g/mol. The minimum absolute atomic E-state index is 0.125. The van der Waals surface area contributed by atoms with Gasteiger partial charge in [-0.1, -0.05) is 19.9 Å². The first-order valence-corrected chi connectivity index (χ1v) is 9.64. The van der Waals surface area contributed by atoms with Crippen molar-refractivity contribution in [2.75, 3.05) is 14.2 Å². The summed E-state index contributed by atoms with van der Waals surface area (Å²) in [6.07, 6.45) is 0.160. The van der Waals surface area contributed by atoms with Crippen molar-refractivity contribution < 1.29 is 34.1 Å². The van der Waals surface area contributed by atoms with Crippen LogP contribution in [-0.4, -0.2) is 52.4 Å². The number of nitrogens with one attached hydrogen (secondary N) is 1. The minimum atomic E-state index is -1.44. The lowest BCUT2D eigenvalue weighted by atomic mass is 9.68. The second-order valence-electron chi connectivity index (χ2n) is 6.84. The number of amides is 1. The van der Waals surface area contributed by atoms with Gasteiger partial charge in [-0.05, 0) is 25.5 Å². The molecule has 28 heavy (non-hydrogen) atoms. The molecular weight excluding hydrogens is 386 g/mol. The summed E-state index contributed by atoms with van der Waals surface area (Å²) < 4.78 is 9.12. The van der Waals surface area contributed by atoms with Crippen molar-refractivity contribution in [2.24, 2.45) is 11.3 Å². The van der Waals surface area contributed by atoms with Gasteiger partial charge in [0.2, 0.25) is 0 Å². The van der Waals surface area contributed by atoms with Crippen LogP contribution in [0, 0.1) is 11.3 Å². The van der Waals surface area contributed by atoms with E-state index in [-0.39, 0.29) is 23.5 Å². The molecule has 2 rings (SSSR count). The largest absolute Gasteiger partial charge is 0.496 e. The van der Waals surface area contributed by atoms with Gasteiger partial charge in [-0.3, -0.25) is 14.4 Å². The standard InChI is InChI=1S/C19H25NO7S/c1-6-19(17(24)25)10(2)18(3,16(22)23)28-15(19)20-14(21)13-11(26-4)8-7-9-12(13)27-5/h7-10,15H,6H2,1-5H3,(H,20,21)(H,22,23)(H,24,25). The van der Waals surface area contributed by atoms with Crippen LogP contribution in [0.25, 0.3) is 0 Å². The second-order valence-corrected chi connectivity index (χ2v) is 8.40. The van der Waals surface area contributed by atoms with Crippen molar-refractivity contribution in [3.63, 3.8) is 0 Å². The average Bonchev–Trinajstić information content (AvgIpc) is 2.89. The maximum absolute atomic E-state index is 13.0. The number of benzene rings is 1. The normalized spacial score (nSPS) is 29.2. The van der Waals surface area contributed by atoms with Gasteiger partial charge in [0.1, 0.15) is 27.2 Å². The Morgan fingerprint density at radius 2 is 1.68 bits per heavy atom. The molecule has 4 unspecified atom stereocenters. The zero-order chi connectivity index (χ0) is 21.3. The number of methoxy groups -OCH3 is 2. The third-order valence-electron chi connectivity index (χ3n) is 5.75. The molecule has 154 valence electrons. The van der Waals surface area contributed by atoms with Gasteiger partial charge in [0.25, 0.3) is 5.91 Å². The van der Waals surface area contributed by atoms with Gasteiger partial charge in [-0.2, -0.15) is 0 Å². The SMILES string of the molecule is CCC1(C(=O)O)C(NC(=O)c2c(OC)cccc2OC)SC(C)(C(=O)O)C1C. The first-order valence-electron chi connectivity index (χ1n) is 8.76. The van der Waals surface area contributed by atoms with Crippen molar-refractivity contribution >= 4 is 29.6 Å². The van der Waals surface area contributed by atoms with E-state index in [0.717, 1.165) is 11.8 Å². The van der Waals surface area contributed by atoms with Gasteiger partial charge in [0, 0.05) is 5.92 Å². The van der Waals surface area contributed by atoms with Crippen LogP contribution in [0.3, 0.4) is 0 Å². The summed E-state index contributed by atoms with van der Waals surface area (Å²) >= 11 is 0.945. The van der Waals surface area contributed by atoms with Crippen molar-refractivity contribution in [1.29, 1.82) is 0 Å². The fourth-order valence-electron chi connectivity index (χ4n) is 3.77. The Morgan fingerprint density at radius 1 is 1.14 bits per heavy atom. The maximum atomic E-state index is 13.0. The van der Waals surface area contributed by atoms with E-state index in [0.29, 0.717) is 0 Å². The number of hydrogen-bond acceptors (Lipinski definition) is 6. The molecule has 1 aliphatic heterocycles. The maximum Gasteiger partial charge on any atom is 0.319 e. The lowest BCUT2D eigenvalue weighted by molar-refractivity contribution is -0.154. The Labute approximate surface area is 167 Å². The summed E-state index contributed by atoms with van der Waals surface area (Å²) in [7, 11) is 2.82. The van der Waals surface area contributed by atoms with Gasteiger partial charge in [-0.15, -0.1) is 11.8 Å². The van der Waals surface area contributed by atoms with Crippen LogP contribution >= 0.6 is 11.8 Å². The highest BCUT2D eigenvalue weighted by Crippen LogP contribution is 2.59. The predicted molar refractivity (Wildman–Crippen MR) is 104 cm³/mol. The molecule has 0 saturated carbocycles. The van der Waals surface area contributed by atoms with Gasteiger partial charge >= 0.3 is 11.9 Å². The third-order valence-corrected chi connectivity index (χ3v) is 7.55. The summed E-state index contributed by atoms with van der Waals surface area (Å²) in [6, 6.07) is 4.84. The van der Waals surface area contributed by atoms with Crippen LogP contribution in [-0.2, 0) is 9.59 Å². The van der Waals surface area contributed by atoms with Crippen molar-refractivity contribution in [1.82, 2.24) is 5.32 Å². The zero-order valence-corrected chi connectivity index (χ0v) is 17.3. The van der Waals surface area contributed by atoms with Gasteiger partial charge in [0.05, 0.1) is 19.6 Å². The Morgan fingerprint density at radius 3 is 2.07 bits per heavy atom. The lowest BCUT2D eigenvalue weighted by Gasteiger charge is -2.35. The summed E-state index contributed by atoms with van der Waals surface area (Å²) in [5.74, 6) is -3.03. The number of carbonyl (C=O) groups is 3. The molecule has 1 heterocycles. The topological polar surface area (TPSA) is 122 Å². The van der Waals surface area contributed by atoms with E-state index in [2.05, 4.69) is 5.32 Å². The smallest absolute Gasteiger partial charge is 0.319 e. The fraction of sp³-hybridized carbons (Fsp3) is 0.526. The molecule has 1 aliphatic rings. The van der Waals surface area contributed by atoms with E-state index in [4.69, 9.17) is 9.47 Å². The highest BCUT2D eigenvalue weighted by molar-refractivity contribution is 8.02. The van der Waals surface area contributed by atoms with E-state index in [1.165, 1.54) is 21.1 Å². The van der Waals surface area contributed by atoms with Crippen LogP contribution in [0.2, 0.25) is 0 Å². The predicted octanol–water partition coefficient (Wildman–Crippen LogP) is 2.47. The number of rotatable bonds is 7. The highest BCUT2D eigenvalue weighted by atomic mass is 32.2. The van der Waals surface area contributed by atoms with Gasteiger partial charge in [-0.25, -0.2) is 0 Å². The van der Waals surface area contributed by atoms with E-state index < -0.39 is 39.3 Å². The molecule has 1 aromatic rings. The number of thioether (sulfide) groups is 1. The lowest BCUT2D eigenvalue weighted by Crippen LogP contribution is -2.51. The van der Waals surface area contributed by atoms with Gasteiger partial charge < -0.3 is 25.0 Å². The first-order chi connectivity index (χ1) is 13.1. The molecule has 1 aromatic carbocycles. The van der Waals surface area contributed by atoms with E-state index >= 15 is 0 Å². The number of hydrogen-bond donors (Lipinski definition) is 3. The van der Waals surface area contributed by atoms with E-state index in [1.54, 1.807) is 32.0 Å². The minimum Gasteiger partial charge on any atom is -0.496 e. The molecule has 0 spiro atoms. The van der Waals surface area contributed by atoms with E-state index in [9.17, 15) is 24.6 Å². The number of aliphatic carboxylic acids is 2. The molecule has 4 atom stereocenters. The molecule has 0 bridgehead atoms. The van der Waals surface area contributed by atoms with Crippen LogP contribution in [0.5, 0.6) is 11.5 Å². The Bertz CT molecular complexity index is 776. The molecule has 1 amide bonds.